The number of carbonyl (C=O) groups is 1. The zero-order valence-electron chi connectivity index (χ0n) is 10.3. The predicted molar refractivity (Wildman–Crippen MR) is 67.5 cm³/mol. The Kier molecular flexibility index (Phi) is 21.5. The molecule has 15 heavy (non-hydrogen) atoms. The van der Waals surface area contributed by atoms with Crippen molar-refractivity contribution in [1.29, 1.82) is 0 Å². The van der Waals surface area contributed by atoms with E-state index < -0.39 is 0 Å². The summed E-state index contributed by atoms with van der Waals surface area (Å²) in [6, 6.07) is 0. The van der Waals surface area contributed by atoms with E-state index in [-0.39, 0.29) is 6.41 Å². The van der Waals surface area contributed by atoms with Gasteiger partial charge in [0, 0.05) is 0 Å². The lowest BCUT2D eigenvalue weighted by Gasteiger charge is -1.99. The second-order valence-corrected chi connectivity index (χ2v) is 3.82. The second kappa shape index (κ2) is 19.1. The third kappa shape index (κ3) is 24.7. The van der Waals surface area contributed by atoms with E-state index in [2.05, 4.69) is 19.6 Å². The molecule has 0 saturated heterocycles. The van der Waals surface area contributed by atoms with E-state index in [0.29, 0.717) is 0 Å². The van der Waals surface area contributed by atoms with Crippen molar-refractivity contribution in [3.63, 3.8) is 0 Å². The largest absolute Gasteiger partial charge is 0.372 e. The van der Waals surface area contributed by atoms with Gasteiger partial charge >= 0.3 is 0 Å². The van der Waals surface area contributed by atoms with Gasteiger partial charge in [-0.1, -0.05) is 78.1 Å². The Balaban J connectivity index is 0. The van der Waals surface area contributed by atoms with Gasteiger partial charge in [-0.05, 0) is 0 Å². The number of hydrogen-bond acceptors (Lipinski definition) is 1. The van der Waals surface area contributed by atoms with Crippen LogP contribution in [-0.2, 0) is 4.79 Å². The van der Waals surface area contributed by atoms with Crippen LogP contribution < -0.4 is 5.73 Å². The average molecular weight is 214 g/mol. The first kappa shape index (κ1) is 16.9. The van der Waals surface area contributed by atoms with Crippen LogP contribution >= 0.6 is 0 Å². The molecule has 91 valence electrons. The normalized spacial score (nSPS) is 9.20. The molecule has 0 heterocycles. The van der Waals surface area contributed by atoms with E-state index in [1.54, 1.807) is 0 Å². The van der Waals surface area contributed by atoms with Crippen molar-refractivity contribution in [2.45, 2.75) is 71.1 Å². The van der Waals surface area contributed by atoms with E-state index in [1.807, 2.05) is 0 Å². The Labute approximate surface area is 95.6 Å². The Morgan fingerprint density at radius 3 is 1.60 bits per heavy atom. The molecule has 0 saturated carbocycles. The second-order valence-electron chi connectivity index (χ2n) is 3.82. The zero-order valence-corrected chi connectivity index (χ0v) is 10.3. The standard InChI is InChI=1S/C12H25.CH3NO/c1-3-5-7-9-11-12-10-8-6-4-2;2-1-3/h1,3-12H2,2H3;1H,(H2,2,3). The van der Waals surface area contributed by atoms with Gasteiger partial charge in [-0.25, -0.2) is 0 Å². The monoisotopic (exact) mass is 214 g/mol. The molecule has 0 atom stereocenters. The SMILES string of the molecule is NC=O.[CH2]CCCCCCCCCCC. The van der Waals surface area contributed by atoms with Crippen molar-refractivity contribution in [2.75, 3.05) is 0 Å². The van der Waals surface area contributed by atoms with Crippen LogP contribution in [0.15, 0.2) is 0 Å². The number of amides is 1. The number of unbranched alkanes of at least 4 members (excludes halogenated alkanes) is 9. The van der Waals surface area contributed by atoms with E-state index in [1.165, 1.54) is 57.8 Å². The van der Waals surface area contributed by atoms with Gasteiger partial charge in [0.1, 0.15) is 0 Å². The molecule has 2 nitrogen and oxygen atoms in total. The topological polar surface area (TPSA) is 43.1 Å². The number of nitrogens with two attached hydrogens (primary N) is 1. The Bertz CT molecular complexity index is 94.7. The van der Waals surface area contributed by atoms with Crippen molar-refractivity contribution >= 4 is 6.41 Å². The minimum atomic E-state index is 0.250. The molecule has 0 fully saturated rings. The summed E-state index contributed by atoms with van der Waals surface area (Å²) >= 11 is 0. The summed E-state index contributed by atoms with van der Waals surface area (Å²) in [4.78, 5) is 8.58. The van der Waals surface area contributed by atoms with Crippen LogP contribution in [0.3, 0.4) is 0 Å². The number of primary amides is 1. The molecule has 0 aliphatic carbocycles. The minimum absolute atomic E-state index is 0.250. The summed E-state index contributed by atoms with van der Waals surface area (Å²) in [7, 11) is 0. The van der Waals surface area contributed by atoms with Crippen molar-refractivity contribution < 1.29 is 4.79 Å². The van der Waals surface area contributed by atoms with Crippen molar-refractivity contribution in [3.05, 3.63) is 6.92 Å². The molecular formula is C13H28NO. The molecule has 0 aromatic rings. The predicted octanol–water partition coefficient (Wildman–Crippen LogP) is 3.84. The van der Waals surface area contributed by atoms with Gasteiger partial charge in [-0.3, -0.25) is 4.79 Å². The van der Waals surface area contributed by atoms with E-state index in [4.69, 9.17) is 4.79 Å². The highest BCUT2D eigenvalue weighted by Gasteiger charge is 1.90. The summed E-state index contributed by atoms with van der Waals surface area (Å²) in [6.45, 7) is 6.12. The van der Waals surface area contributed by atoms with Gasteiger partial charge in [0.05, 0.1) is 0 Å². The van der Waals surface area contributed by atoms with E-state index >= 15 is 0 Å². The molecule has 0 aliphatic heterocycles. The first-order chi connectivity index (χ1) is 7.33. The molecule has 1 amide bonds. The van der Waals surface area contributed by atoms with Crippen LogP contribution in [0.25, 0.3) is 0 Å². The first-order valence-electron chi connectivity index (χ1n) is 6.28. The zero-order chi connectivity index (χ0) is 11.8. The molecule has 0 spiro atoms. The average Bonchev–Trinajstić information content (AvgIpc) is 2.23. The van der Waals surface area contributed by atoms with Gasteiger partial charge < -0.3 is 5.73 Å². The summed E-state index contributed by atoms with van der Waals surface area (Å²) in [5, 5.41) is 0. The quantitative estimate of drug-likeness (QED) is 0.460. The third-order valence-corrected chi connectivity index (χ3v) is 2.35. The third-order valence-electron chi connectivity index (χ3n) is 2.35. The van der Waals surface area contributed by atoms with Crippen LogP contribution in [-0.4, -0.2) is 6.41 Å². The lowest BCUT2D eigenvalue weighted by atomic mass is 10.1. The molecule has 0 bridgehead atoms. The van der Waals surface area contributed by atoms with Gasteiger partial charge in [-0.15, -0.1) is 0 Å². The number of hydrogen-bond donors (Lipinski definition) is 1. The minimum Gasteiger partial charge on any atom is -0.372 e. The fraction of sp³-hybridized carbons (Fsp3) is 0.846. The lowest BCUT2D eigenvalue weighted by molar-refractivity contribution is -0.106. The van der Waals surface area contributed by atoms with Gasteiger partial charge in [0.25, 0.3) is 0 Å². The molecule has 0 unspecified atom stereocenters. The Hall–Kier alpha value is -0.530. The molecule has 2 heteroatoms. The molecule has 0 aromatic carbocycles. The van der Waals surface area contributed by atoms with Gasteiger partial charge in [-0.2, -0.15) is 0 Å². The van der Waals surface area contributed by atoms with Gasteiger partial charge in [0.15, 0.2) is 0 Å². The maximum Gasteiger partial charge on any atom is 0.204 e. The smallest absolute Gasteiger partial charge is 0.204 e. The molecule has 0 rings (SSSR count). The van der Waals surface area contributed by atoms with Crippen LogP contribution in [0.2, 0.25) is 0 Å². The summed E-state index contributed by atoms with van der Waals surface area (Å²) in [6.07, 6.45) is 14.1. The van der Waals surface area contributed by atoms with Gasteiger partial charge in [0.2, 0.25) is 6.41 Å². The Morgan fingerprint density at radius 1 is 0.933 bits per heavy atom. The number of carbonyl (C=O) groups excluding carboxylic acids is 1. The summed E-state index contributed by atoms with van der Waals surface area (Å²) in [5.74, 6) is 0. The highest BCUT2D eigenvalue weighted by molar-refractivity contribution is 5.42. The number of rotatable bonds is 9. The summed E-state index contributed by atoms with van der Waals surface area (Å²) in [5.41, 5.74) is 4.17. The first-order valence-corrected chi connectivity index (χ1v) is 6.28. The molecule has 0 aliphatic rings. The highest BCUT2D eigenvalue weighted by atomic mass is 16.1. The van der Waals surface area contributed by atoms with Crippen molar-refractivity contribution in [2.24, 2.45) is 5.73 Å². The molecule has 1 radical (unpaired) electrons. The van der Waals surface area contributed by atoms with Crippen LogP contribution in [0, 0.1) is 6.92 Å². The van der Waals surface area contributed by atoms with Crippen LogP contribution in [0.5, 0.6) is 0 Å². The summed E-state index contributed by atoms with van der Waals surface area (Å²) < 4.78 is 0. The fourth-order valence-corrected chi connectivity index (χ4v) is 1.49. The van der Waals surface area contributed by atoms with Crippen molar-refractivity contribution in [3.8, 4) is 0 Å². The lowest BCUT2D eigenvalue weighted by Crippen LogP contribution is -1.82. The van der Waals surface area contributed by atoms with E-state index in [0.717, 1.165) is 6.42 Å². The maximum absolute atomic E-state index is 8.58. The van der Waals surface area contributed by atoms with E-state index in [9.17, 15) is 0 Å². The molecule has 0 aromatic heterocycles. The fourth-order valence-electron chi connectivity index (χ4n) is 1.49. The molecular weight excluding hydrogens is 186 g/mol. The highest BCUT2D eigenvalue weighted by Crippen LogP contribution is 2.09. The van der Waals surface area contributed by atoms with Crippen LogP contribution in [0.4, 0.5) is 0 Å². The van der Waals surface area contributed by atoms with Crippen molar-refractivity contribution in [1.82, 2.24) is 0 Å². The molecule has 2 N–H and O–H groups in total. The maximum atomic E-state index is 8.58. The Morgan fingerprint density at radius 2 is 1.27 bits per heavy atom. The van der Waals surface area contributed by atoms with Crippen LogP contribution in [0.1, 0.15) is 71.1 Å².